The molecule has 0 saturated heterocycles. The van der Waals surface area contributed by atoms with E-state index < -0.39 is 0 Å². The van der Waals surface area contributed by atoms with Gasteiger partial charge in [-0.15, -0.1) is 11.3 Å². The molecule has 74 valence electrons. The second-order valence-corrected chi connectivity index (χ2v) is 4.71. The second kappa shape index (κ2) is 3.87. The molecule has 0 atom stereocenters. The first-order valence-corrected chi connectivity index (χ1v) is 6.18. The molecule has 2 nitrogen and oxygen atoms in total. The van der Waals surface area contributed by atoms with Crippen LogP contribution in [0, 0.1) is 6.92 Å². The lowest BCUT2D eigenvalue weighted by Gasteiger charge is -2.02. The molecule has 1 aromatic carbocycles. The lowest BCUT2D eigenvalue weighted by Crippen LogP contribution is -1.85. The van der Waals surface area contributed by atoms with E-state index in [1.807, 2.05) is 6.92 Å². The average molecular weight is 272 g/mol. The number of hydrogen-bond donors (Lipinski definition) is 0. The fourth-order valence-electron chi connectivity index (χ4n) is 1.38. The van der Waals surface area contributed by atoms with Crippen molar-refractivity contribution < 1.29 is 4.74 Å². The number of fused-ring (bicyclic) bond motifs is 1. The van der Waals surface area contributed by atoms with Gasteiger partial charge in [0.2, 0.25) is 0 Å². The number of benzene rings is 1. The Hall–Kier alpha value is -0.610. The van der Waals surface area contributed by atoms with E-state index in [9.17, 15) is 0 Å². The van der Waals surface area contributed by atoms with Crippen molar-refractivity contribution in [3.8, 4) is 5.75 Å². The van der Waals surface area contributed by atoms with Gasteiger partial charge in [0.1, 0.15) is 10.8 Å². The third kappa shape index (κ3) is 1.64. The highest BCUT2D eigenvalue weighted by molar-refractivity contribution is 9.08. The van der Waals surface area contributed by atoms with Gasteiger partial charge in [-0.1, -0.05) is 15.9 Å². The highest BCUT2D eigenvalue weighted by Gasteiger charge is 2.06. The fourth-order valence-corrected chi connectivity index (χ4v) is 2.68. The standard InChI is InChI=1S/C10H10BrNOS/c1-6-3-7-9(4-8(6)13-2)14-10(5-11)12-7/h3-4H,5H2,1-2H3. The summed E-state index contributed by atoms with van der Waals surface area (Å²) in [5, 5.41) is 1.92. The molecule has 0 spiro atoms. The maximum absolute atomic E-state index is 5.26. The van der Waals surface area contributed by atoms with Crippen molar-refractivity contribution in [1.29, 1.82) is 0 Å². The Balaban J connectivity index is 2.64. The number of thiazole rings is 1. The van der Waals surface area contributed by atoms with Gasteiger partial charge >= 0.3 is 0 Å². The smallest absolute Gasteiger partial charge is 0.123 e. The predicted octanol–water partition coefficient (Wildman–Crippen LogP) is 3.51. The van der Waals surface area contributed by atoms with Crippen LogP contribution in [-0.4, -0.2) is 12.1 Å². The molecule has 0 bridgehead atoms. The molecule has 14 heavy (non-hydrogen) atoms. The van der Waals surface area contributed by atoms with E-state index in [0.29, 0.717) is 0 Å². The number of rotatable bonds is 2. The van der Waals surface area contributed by atoms with E-state index in [4.69, 9.17) is 4.74 Å². The van der Waals surface area contributed by atoms with Crippen molar-refractivity contribution in [3.63, 3.8) is 0 Å². The Morgan fingerprint density at radius 1 is 1.50 bits per heavy atom. The van der Waals surface area contributed by atoms with Gasteiger partial charge in [0.05, 0.1) is 22.7 Å². The monoisotopic (exact) mass is 271 g/mol. The molecule has 0 unspecified atom stereocenters. The van der Waals surface area contributed by atoms with Crippen LogP contribution in [0.15, 0.2) is 12.1 Å². The van der Waals surface area contributed by atoms with E-state index >= 15 is 0 Å². The van der Waals surface area contributed by atoms with Gasteiger partial charge in [0.15, 0.2) is 0 Å². The molecule has 0 fully saturated rings. The van der Waals surface area contributed by atoms with Crippen molar-refractivity contribution in [2.75, 3.05) is 7.11 Å². The lowest BCUT2D eigenvalue weighted by molar-refractivity contribution is 0.412. The van der Waals surface area contributed by atoms with E-state index in [1.165, 1.54) is 4.70 Å². The van der Waals surface area contributed by atoms with Crippen molar-refractivity contribution in [1.82, 2.24) is 4.98 Å². The summed E-state index contributed by atoms with van der Waals surface area (Å²) in [5.41, 5.74) is 2.19. The molecule has 0 N–H and O–H groups in total. The Kier molecular flexibility index (Phi) is 2.74. The van der Waals surface area contributed by atoms with Crippen LogP contribution in [0.25, 0.3) is 10.2 Å². The lowest BCUT2D eigenvalue weighted by atomic mass is 10.2. The summed E-state index contributed by atoms with van der Waals surface area (Å²) in [7, 11) is 1.70. The molecular formula is C10H10BrNOS. The third-order valence-corrected chi connectivity index (χ3v) is 3.98. The predicted molar refractivity (Wildman–Crippen MR) is 63.5 cm³/mol. The van der Waals surface area contributed by atoms with Crippen LogP contribution in [0.3, 0.4) is 0 Å². The molecule has 0 aliphatic carbocycles. The zero-order valence-corrected chi connectivity index (χ0v) is 10.4. The summed E-state index contributed by atoms with van der Waals surface area (Å²) < 4.78 is 6.45. The molecule has 0 saturated carbocycles. The van der Waals surface area contributed by atoms with Gasteiger partial charge in [-0.3, -0.25) is 0 Å². The maximum Gasteiger partial charge on any atom is 0.123 e. The zero-order chi connectivity index (χ0) is 10.1. The Morgan fingerprint density at radius 2 is 2.29 bits per heavy atom. The minimum Gasteiger partial charge on any atom is -0.496 e. The molecule has 2 aromatic rings. The summed E-state index contributed by atoms with van der Waals surface area (Å²) in [4.78, 5) is 4.48. The number of halogens is 1. The van der Waals surface area contributed by atoms with Crippen LogP contribution in [0.1, 0.15) is 10.6 Å². The van der Waals surface area contributed by atoms with Crippen LogP contribution in [0.5, 0.6) is 5.75 Å². The molecule has 0 amide bonds. The molecule has 1 aromatic heterocycles. The summed E-state index contributed by atoms with van der Waals surface area (Å²) in [5.74, 6) is 0.933. The van der Waals surface area contributed by atoms with Crippen LogP contribution in [0.2, 0.25) is 0 Å². The molecule has 0 aliphatic rings. The first kappa shape index (κ1) is 9.93. The van der Waals surface area contributed by atoms with Gasteiger partial charge in [0.25, 0.3) is 0 Å². The van der Waals surface area contributed by atoms with Gasteiger partial charge in [0, 0.05) is 0 Å². The first-order valence-electron chi connectivity index (χ1n) is 4.24. The number of aryl methyl sites for hydroxylation is 1. The highest BCUT2D eigenvalue weighted by Crippen LogP contribution is 2.29. The third-order valence-electron chi connectivity index (χ3n) is 2.06. The van der Waals surface area contributed by atoms with E-state index in [0.717, 1.165) is 27.2 Å². The quantitative estimate of drug-likeness (QED) is 0.780. The minimum atomic E-state index is 0.813. The largest absolute Gasteiger partial charge is 0.496 e. The number of ether oxygens (including phenoxy) is 1. The Morgan fingerprint density at radius 3 is 2.93 bits per heavy atom. The number of nitrogens with zero attached hydrogens (tertiary/aromatic N) is 1. The van der Waals surface area contributed by atoms with Gasteiger partial charge in [-0.2, -0.15) is 0 Å². The van der Waals surface area contributed by atoms with Crippen LogP contribution >= 0.6 is 27.3 Å². The molecule has 4 heteroatoms. The van der Waals surface area contributed by atoms with Crippen LogP contribution in [-0.2, 0) is 5.33 Å². The average Bonchev–Trinajstić information content (AvgIpc) is 2.58. The number of hydrogen-bond acceptors (Lipinski definition) is 3. The maximum atomic E-state index is 5.26. The van der Waals surface area contributed by atoms with Crippen molar-refractivity contribution in [3.05, 3.63) is 22.7 Å². The topological polar surface area (TPSA) is 22.1 Å². The molecule has 2 rings (SSSR count). The summed E-state index contributed by atoms with van der Waals surface area (Å²) in [6, 6.07) is 4.12. The molecule has 1 heterocycles. The first-order chi connectivity index (χ1) is 6.74. The van der Waals surface area contributed by atoms with Gasteiger partial charge in [-0.25, -0.2) is 4.98 Å². The summed E-state index contributed by atoms with van der Waals surface area (Å²) in [6.07, 6.45) is 0. The van der Waals surface area contributed by atoms with Crippen LogP contribution in [0.4, 0.5) is 0 Å². The highest BCUT2D eigenvalue weighted by atomic mass is 79.9. The second-order valence-electron chi connectivity index (χ2n) is 3.03. The van der Waals surface area contributed by atoms with E-state index in [1.54, 1.807) is 18.4 Å². The summed E-state index contributed by atoms with van der Waals surface area (Å²) in [6.45, 7) is 2.03. The van der Waals surface area contributed by atoms with Crippen LogP contribution < -0.4 is 4.74 Å². The van der Waals surface area contributed by atoms with Crippen molar-refractivity contribution in [2.45, 2.75) is 12.3 Å². The number of aromatic nitrogens is 1. The molecule has 0 aliphatic heterocycles. The van der Waals surface area contributed by atoms with Gasteiger partial charge < -0.3 is 4.74 Å². The van der Waals surface area contributed by atoms with E-state index in [2.05, 4.69) is 33.0 Å². The molecule has 0 radical (unpaired) electrons. The Bertz CT molecular complexity index is 466. The number of alkyl halides is 1. The Labute approximate surface area is 95.0 Å². The van der Waals surface area contributed by atoms with Gasteiger partial charge in [-0.05, 0) is 24.6 Å². The minimum absolute atomic E-state index is 0.813. The normalized spacial score (nSPS) is 10.8. The fraction of sp³-hybridized carbons (Fsp3) is 0.300. The van der Waals surface area contributed by atoms with E-state index in [-0.39, 0.29) is 0 Å². The SMILES string of the molecule is COc1cc2sc(CBr)nc2cc1C. The van der Waals surface area contributed by atoms with Crippen molar-refractivity contribution >= 4 is 37.5 Å². The molecular weight excluding hydrogens is 262 g/mol. The number of methoxy groups -OCH3 is 1. The summed E-state index contributed by atoms with van der Waals surface area (Å²) >= 11 is 5.10. The zero-order valence-electron chi connectivity index (χ0n) is 8.00. The van der Waals surface area contributed by atoms with Crippen molar-refractivity contribution in [2.24, 2.45) is 0 Å².